The van der Waals surface area contributed by atoms with Crippen LogP contribution in [0.4, 0.5) is 0 Å². The van der Waals surface area contributed by atoms with Gasteiger partial charge in [0.2, 0.25) is 0 Å². The van der Waals surface area contributed by atoms with E-state index in [0.717, 1.165) is 23.8 Å². The second kappa shape index (κ2) is 7.44. The van der Waals surface area contributed by atoms with Crippen molar-refractivity contribution in [3.8, 4) is 0 Å². The van der Waals surface area contributed by atoms with Crippen molar-refractivity contribution in [3.63, 3.8) is 0 Å². The van der Waals surface area contributed by atoms with Crippen LogP contribution in [0.15, 0.2) is 0 Å². The molecule has 5 rings (SSSR count). The van der Waals surface area contributed by atoms with E-state index in [0.29, 0.717) is 5.41 Å². The summed E-state index contributed by atoms with van der Waals surface area (Å²) in [7, 11) is 0. The molecule has 0 aromatic rings. The molecular formula is C21H38N2. The van der Waals surface area contributed by atoms with Crippen LogP contribution in [0.2, 0.25) is 0 Å². The van der Waals surface area contributed by atoms with Gasteiger partial charge >= 0.3 is 0 Å². The first-order chi connectivity index (χ1) is 11.3. The molecule has 2 heteroatoms. The standard InChI is InChI=1S/C21H38N2/c1-2-4-6-20(7-5-3-1)23-9-8-22-16-21-13-17-10-18(14-21)12-19(11-17)15-21/h17-20,22-23H,1-16H2. The van der Waals surface area contributed by atoms with E-state index in [-0.39, 0.29) is 0 Å². The van der Waals surface area contributed by atoms with E-state index in [9.17, 15) is 0 Å². The minimum absolute atomic E-state index is 0.703. The Morgan fingerprint density at radius 3 is 1.87 bits per heavy atom. The van der Waals surface area contributed by atoms with Crippen molar-refractivity contribution in [1.82, 2.24) is 10.6 Å². The summed E-state index contributed by atoms with van der Waals surface area (Å²) in [6.07, 6.45) is 19.4. The molecule has 2 N–H and O–H groups in total. The Bertz CT molecular complexity index is 335. The maximum atomic E-state index is 3.85. The SMILES string of the molecule is C1CCCC(NCCNCC23CC4CC(CC(C4)C2)C3)CCC1. The monoisotopic (exact) mass is 318 g/mol. The summed E-state index contributed by atoms with van der Waals surface area (Å²) in [4.78, 5) is 0. The third kappa shape index (κ3) is 4.12. The third-order valence-electron chi connectivity index (χ3n) is 7.51. The highest BCUT2D eigenvalue weighted by molar-refractivity contribution is 5.02. The molecule has 0 radical (unpaired) electrons. The minimum atomic E-state index is 0.703. The summed E-state index contributed by atoms with van der Waals surface area (Å²) in [5.41, 5.74) is 0.703. The van der Waals surface area contributed by atoms with Crippen molar-refractivity contribution in [3.05, 3.63) is 0 Å². The zero-order chi connectivity index (χ0) is 15.5. The van der Waals surface area contributed by atoms with Crippen LogP contribution in [0.3, 0.4) is 0 Å². The topological polar surface area (TPSA) is 24.1 Å². The molecule has 5 saturated carbocycles. The third-order valence-corrected chi connectivity index (χ3v) is 7.51. The van der Waals surface area contributed by atoms with Crippen LogP contribution in [-0.4, -0.2) is 25.7 Å². The number of hydrogen-bond acceptors (Lipinski definition) is 2. The summed E-state index contributed by atoms with van der Waals surface area (Å²) in [5.74, 6) is 3.28. The van der Waals surface area contributed by atoms with Crippen LogP contribution in [0.1, 0.15) is 83.5 Å². The Hall–Kier alpha value is -0.0800. The Morgan fingerprint density at radius 1 is 0.696 bits per heavy atom. The molecule has 5 aliphatic rings. The van der Waals surface area contributed by atoms with E-state index in [4.69, 9.17) is 0 Å². The number of hydrogen-bond donors (Lipinski definition) is 2. The fourth-order valence-corrected chi connectivity index (χ4v) is 6.89. The molecule has 5 aliphatic carbocycles. The predicted molar refractivity (Wildman–Crippen MR) is 97.6 cm³/mol. The summed E-state index contributed by atoms with van der Waals surface area (Å²) in [5, 5.41) is 7.68. The van der Waals surface area contributed by atoms with Gasteiger partial charge in [-0.2, -0.15) is 0 Å². The Morgan fingerprint density at radius 2 is 1.26 bits per heavy atom. The molecule has 4 bridgehead atoms. The Kier molecular flexibility index (Phi) is 5.30. The lowest BCUT2D eigenvalue weighted by Crippen LogP contribution is -2.51. The second-order valence-corrected chi connectivity index (χ2v) is 9.59. The van der Waals surface area contributed by atoms with Gasteiger partial charge in [-0.3, -0.25) is 0 Å². The van der Waals surface area contributed by atoms with Gasteiger partial charge in [-0.15, -0.1) is 0 Å². The van der Waals surface area contributed by atoms with E-state index in [1.54, 1.807) is 38.5 Å². The van der Waals surface area contributed by atoms with Gasteiger partial charge in [0.05, 0.1) is 0 Å². The van der Waals surface area contributed by atoms with Gasteiger partial charge in [0.15, 0.2) is 0 Å². The molecule has 0 saturated heterocycles. The van der Waals surface area contributed by atoms with Gasteiger partial charge in [-0.1, -0.05) is 32.1 Å². The highest BCUT2D eigenvalue weighted by Crippen LogP contribution is 2.59. The first-order valence-electron chi connectivity index (χ1n) is 10.8. The zero-order valence-electron chi connectivity index (χ0n) is 15.1. The first kappa shape index (κ1) is 16.4. The van der Waals surface area contributed by atoms with Crippen molar-refractivity contribution in [1.29, 1.82) is 0 Å². The van der Waals surface area contributed by atoms with E-state index in [2.05, 4.69) is 10.6 Å². The van der Waals surface area contributed by atoms with Crippen LogP contribution >= 0.6 is 0 Å². The molecule has 0 aliphatic heterocycles. The summed E-state index contributed by atoms with van der Waals surface area (Å²) in [6, 6.07) is 0.802. The van der Waals surface area contributed by atoms with Gasteiger partial charge in [0.1, 0.15) is 0 Å². The van der Waals surface area contributed by atoms with Gasteiger partial charge < -0.3 is 10.6 Å². The van der Waals surface area contributed by atoms with E-state index in [1.807, 2.05) is 0 Å². The lowest BCUT2D eigenvalue weighted by atomic mass is 9.49. The van der Waals surface area contributed by atoms with E-state index in [1.165, 1.54) is 64.6 Å². The van der Waals surface area contributed by atoms with E-state index < -0.39 is 0 Å². The van der Waals surface area contributed by atoms with Crippen LogP contribution < -0.4 is 10.6 Å². The fraction of sp³-hybridized carbons (Fsp3) is 1.00. The summed E-state index contributed by atoms with van der Waals surface area (Å²) in [6.45, 7) is 3.66. The molecule has 132 valence electrons. The van der Waals surface area contributed by atoms with Gasteiger partial charge in [0, 0.05) is 25.7 Å². The van der Waals surface area contributed by atoms with Crippen molar-refractivity contribution >= 4 is 0 Å². The number of rotatable bonds is 6. The molecule has 23 heavy (non-hydrogen) atoms. The molecule has 0 spiro atoms. The number of nitrogens with one attached hydrogen (secondary N) is 2. The quantitative estimate of drug-likeness (QED) is 0.705. The second-order valence-electron chi connectivity index (χ2n) is 9.59. The van der Waals surface area contributed by atoms with Crippen molar-refractivity contribution in [2.75, 3.05) is 19.6 Å². The highest BCUT2D eigenvalue weighted by atomic mass is 15.0. The normalized spacial score (nSPS) is 41.0. The molecule has 0 heterocycles. The zero-order valence-corrected chi connectivity index (χ0v) is 15.1. The first-order valence-corrected chi connectivity index (χ1v) is 10.8. The molecule has 0 aromatic carbocycles. The predicted octanol–water partition coefficient (Wildman–Crippen LogP) is 4.49. The summed E-state index contributed by atoms with van der Waals surface area (Å²) < 4.78 is 0. The maximum absolute atomic E-state index is 3.85. The maximum Gasteiger partial charge on any atom is 0.00793 e. The van der Waals surface area contributed by atoms with Crippen molar-refractivity contribution < 1.29 is 0 Å². The Balaban J connectivity index is 1.15. The van der Waals surface area contributed by atoms with Crippen LogP contribution in [0.5, 0.6) is 0 Å². The highest BCUT2D eigenvalue weighted by Gasteiger charge is 2.50. The van der Waals surface area contributed by atoms with Crippen LogP contribution in [0.25, 0.3) is 0 Å². The smallest absolute Gasteiger partial charge is 0.00793 e. The minimum Gasteiger partial charge on any atom is -0.315 e. The largest absolute Gasteiger partial charge is 0.315 e. The molecule has 2 nitrogen and oxygen atoms in total. The van der Waals surface area contributed by atoms with Gasteiger partial charge in [0.25, 0.3) is 0 Å². The van der Waals surface area contributed by atoms with Gasteiger partial charge in [-0.25, -0.2) is 0 Å². The van der Waals surface area contributed by atoms with Crippen LogP contribution in [0, 0.1) is 23.2 Å². The molecular weight excluding hydrogens is 280 g/mol. The molecule has 5 fully saturated rings. The lowest BCUT2D eigenvalue weighted by Gasteiger charge is -2.57. The molecule has 0 unspecified atom stereocenters. The fourth-order valence-electron chi connectivity index (χ4n) is 6.89. The Labute approximate surface area is 143 Å². The summed E-state index contributed by atoms with van der Waals surface area (Å²) >= 11 is 0. The van der Waals surface area contributed by atoms with Gasteiger partial charge in [-0.05, 0) is 74.5 Å². The van der Waals surface area contributed by atoms with Crippen molar-refractivity contribution in [2.45, 2.75) is 89.5 Å². The lowest BCUT2D eigenvalue weighted by molar-refractivity contribution is -0.0511. The molecule has 0 amide bonds. The average molecular weight is 319 g/mol. The van der Waals surface area contributed by atoms with Crippen molar-refractivity contribution in [2.24, 2.45) is 23.2 Å². The molecule has 0 aromatic heterocycles. The van der Waals surface area contributed by atoms with E-state index >= 15 is 0 Å². The van der Waals surface area contributed by atoms with Crippen LogP contribution in [-0.2, 0) is 0 Å². The average Bonchev–Trinajstić information content (AvgIpc) is 2.47. The molecule has 0 atom stereocenters.